The van der Waals surface area contributed by atoms with Crippen LogP contribution in [0.4, 0.5) is 11.4 Å². The van der Waals surface area contributed by atoms with Gasteiger partial charge in [-0.1, -0.05) is 18.5 Å². The summed E-state index contributed by atoms with van der Waals surface area (Å²) in [5.74, 6) is -0.331. The monoisotopic (exact) mass is 311 g/mol. The van der Waals surface area contributed by atoms with Crippen molar-refractivity contribution in [2.24, 2.45) is 0 Å². The fourth-order valence-corrected chi connectivity index (χ4v) is 2.23. The maximum atomic E-state index is 12.1. The molecule has 6 nitrogen and oxygen atoms in total. The number of carbonyl (C=O) groups is 1. The second-order valence-corrected chi connectivity index (χ2v) is 5.96. The van der Waals surface area contributed by atoms with Crippen molar-refractivity contribution in [1.82, 2.24) is 5.32 Å². The summed E-state index contributed by atoms with van der Waals surface area (Å²) in [5.41, 5.74) is 0.110. The third kappa shape index (κ3) is 3.64. The van der Waals surface area contributed by atoms with Crippen LogP contribution in [-0.4, -0.2) is 22.9 Å². The molecule has 1 aromatic rings. The summed E-state index contributed by atoms with van der Waals surface area (Å²) in [6, 6.07) is 2.73. The number of hydrogen-bond donors (Lipinski definition) is 2. The lowest BCUT2D eigenvalue weighted by Gasteiger charge is -2.13. The molecule has 2 rings (SSSR count). The summed E-state index contributed by atoms with van der Waals surface area (Å²) in [6.45, 7) is 4.47. The van der Waals surface area contributed by atoms with Gasteiger partial charge < -0.3 is 10.6 Å². The Hall–Kier alpha value is -1.82. The van der Waals surface area contributed by atoms with Gasteiger partial charge in [0.2, 0.25) is 0 Å². The molecule has 0 unspecified atom stereocenters. The zero-order valence-electron chi connectivity index (χ0n) is 12.0. The second kappa shape index (κ2) is 5.89. The minimum absolute atomic E-state index is 0.179. The first-order valence-corrected chi connectivity index (χ1v) is 7.28. The largest absolute Gasteiger partial charge is 0.378 e. The van der Waals surface area contributed by atoms with Crippen molar-refractivity contribution in [2.45, 2.75) is 38.6 Å². The minimum Gasteiger partial charge on any atom is -0.378 e. The van der Waals surface area contributed by atoms with Crippen LogP contribution in [0.3, 0.4) is 0 Å². The van der Waals surface area contributed by atoms with Gasteiger partial charge in [-0.05, 0) is 32.3 Å². The molecule has 1 aliphatic rings. The van der Waals surface area contributed by atoms with Gasteiger partial charge in [0.25, 0.3) is 11.6 Å². The number of hydrogen-bond acceptors (Lipinski definition) is 4. The van der Waals surface area contributed by atoms with Crippen LogP contribution < -0.4 is 10.6 Å². The predicted octanol–water partition coefficient (Wildman–Crippen LogP) is 3.35. The normalized spacial score (nSPS) is 15.4. The van der Waals surface area contributed by atoms with E-state index in [1.165, 1.54) is 12.1 Å². The van der Waals surface area contributed by atoms with Crippen molar-refractivity contribution in [2.75, 3.05) is 11.9 Å². The van der Waals surface area contributed by atoms with E-state index in [1.54, 1.807) is 0 Å². The van der Waals surface area contributed by atoms with Crippen LogP contribution in [0, 0.1) is 10.1 Å². The molecule has 1 aromatic carbocycles. The molecule has 1 amide bonds. The third-order valence-corrected chi connectivity index (χ3v) is 3.79. The van der Waals surface area contributed by atoms with Crippen molar-refractivity contribution in [3.8, 4) is 0 Å². The van der Waals surface area contributed by atoms with E-state index in [1.807, 2.05) is 13.8 Å². The Morgan fingerprint density at radius 3 is 2.67 bits per heavy atom. The van der Waals surface area contributed by atoms with Crippen molar-refractivity contribution in [1.29, 1.82) is 0 Å². The van der Waals surface area contributed by atoms with Crippen molar-refractivity contribution >= 4 is 28.9 Å². The average molecular weight is 312 g/mol. The molecule has 21 heavy (non-hydrogen) atoms. The average Bonchev–Trinajstić information content (AvgIpc) is 3.13. The Balaban J connectivity index is 2.31. The van der Waals surface area contributed by atoms with Crippen LogP contribution >= 0.6 is 11.6 Å². The van der Waals surface area contributed by atoms with Gasteiger partial charge in [0, 0.05) is 23.7 Å². The molecule has 2 N–H and O–H groups in total. The molecule has 1 aliphatic carbocycles. The van der Waals surface area contributed by atoms with Crippen LogP contribution in [0.5, 0.6) is 0 Å². The molecule has 1 fully saturated rings. The molecule has 7 heteroatoms. The molecule has 0 spiro atoms. The number of nitrogens with zero attached hydrogens (tertiary/aromatic N) is 1. The Bertz CT molecular complexity index is 585. The summed E-state index contributed by atoms with van der Waals surface area (Å²) in [5, 5.41) is 17.2. The molecule has 0 bridgehead atoms. The number of carbonyl (C=O) groups excluding carboxylic acids is 1. The molecule has 0 atom stereocenters. The summed E-state index contributed by atoms with van der Waals surface area (Å²) >= 11 is 6.10. The fourth-order valence-electron chi connectivity index (χ4n) is 1.95. The Morgan fingerprint density at radius 2 is 2.14 bits per heavy atom. The van der Waals surface area contributed by atoms with E-state index in [0.717, 1.165) is 19.3 Å². The SMILES string of the molecule is CCCNc1c(Cl)cc(C(=O)NC2(C)CC2)cc1[N+](=O)[O-]. The van der Waals surface area contributed by atoms with Crippen LogP contribution in [0.25, 0.3) is 0 Å². The predicted molar refractivity (Wildman–Crippen MR) is 82.0 cm³/mol. The molecular weight excluding hydrogens is 294 g/mol. The van der Waals surface area contributed by atoms with Gasteiger partial charge in [0.1, 0.15) is 5.69 Å². The molecule has 0 aliphatic heterocycles. The van der Waals surface area contributed by atoms with Crippen molar-refractivity contribution in [3.05, 3.63) is 32.8 Å². The highest BCUT2D eigenvalue weighted by molar-refractivity contribution is 6.34. The Labute approximate surface area is 128 Å². The van der Waals surface area contributed by atoms with Crippen molar-refractivity contribution in [3.63, 3.8) is 0 Å². The van der Waals surface area contributed by atoms with Gasteiger partial charge in [-0.25, -0.2) is 0 Å². The van der Waals surface area contributed by atoms with Crippen LogP contribution in [0.1, 0.15) is 43.5 Å². The highest BCUT2D eigenvalue weighted by Crippen LogP contribution is 2.36. The summed E-state index contributed by atoms with van der Waals surface area (Å²) in [4.78, 5) is 22.8. The highest BCUT2D eigenvalue weighted by Gasteiger charge is 2.39. The number of amides is 1. The van der Waals surface area contributed by atoms with E-state index in [0.29, 0.717) is 6.54 Å². The van der Waals surface area contributed by atoms with E-state index >= 15 is 0 Å². The van der Waals surface area contributed by atoms with Crippen LogP contribution in [-0.2, 0) is 0 Å². The molecule has 114 valence electrons. The van der Waals surface area contributed by atoms with Crippen LogP contribution in [0.2, 0.25) is 5.02 Å². The van der Waals surface area contributed by atoms with Gasteiger partial charge in [0.15, 0.2) is 0 Å². The fraction of sp³-hybridized carbons (Fsp3) is 0.500. The zero-order chi connectivity index (χ0) is 15.6. The number of anilines is 1. The van der Waals surface area contributed by atoms with E-state index in [4.69, 9.17) is 11.6 Å². The van der Waals surface area contributed by atoms with Gasteiger partial charge in [-0.2, -0.15) is 0 Å². The number of nitro groups is 1. The third-order valence-electron chi connectivity index (χ3n) is 3.50. The van der Waals surface area contributed by atoms with Gasteiger partial charge >= 0.3 is 0 Å². The zero-order valence-corrected chi connectivity index (χ0v) is 12.8. The lowest BCUT2D eigenvalue weighted by molar-refractivity contribution is -0.384. The van der Waals surface area contributed by atoms with E-state index in [2.05, 4.69) is 10.6 Å². The summed E-state index contributed by atoms with van der Waals surface area (Å²) in [7, 11) is 0. The molecule has 0 radical (unpaired) electrons. The van der Waals surface area contributed by atoms with E-state index in [9.17, 15) is 14.9 Å². The molecule has 0 heterocycles. The minimum atomic E-state index is -0.528. The van der Waals surface area contributed by atoms with E-state index < -0.39 is 4.92 Å². The molecule has 0 aromatic heterocycles. The molecule has 0 saturated heterocycles. The van der Waals surface area contributed by atoms with Gasteiger partial charge in [-0.3, -0.25) is 14.9 Å². The molecule has 1 saturated carbocycles. The highest BCUT2D eigenvalue weighted by atomic mass is 35.5. The summed E-state index contributed by atoms with van der Waals surface area (Å²) < 4.78 is 0. The Morgan fingerprint density at radius 1 is 1.48 bits per heavy atom. The molecular formula is C14H18ClN3O3. The van der Waals surface area contributed by atoms with Gasteiger partial charge in [0.05, 0.1) is 9.95 Å². The van der Waals surface area contributed by atoms with Gasteiger partial charge in [-0.15, -0.1) is 0 Å². The standard InChI is InChI=1S/C14H18ClN3O3/c1-3-6-16-12-10(15)7-9(8-11(12)18(20)21)13(19)17-14(2)4-5-14/h7-8,16H,3-6H2,1-2H3,(H,17,19). The van der Waals surface area contributed by atoms with E-state index in [-0.39, 0.29) is 33.4 Å². The first-order chi connectivity index (χ1) is 9.86. The summed E-state index contributed by atoms with van der Waals surface area (Å²) in [6.07, 6.45) is 2.66. The maximum absolute atomic E-state index is 12.1. The lowest BCUT2D eigenvalue weighted by atomic mass is 10.1. The lowest BCUT2D eigenvalue weighted by Crippen LogP contribution is -2.34. The first-order valence-electron chi connectivity index (χ1n) is 6.90. The topological polar surface area (TPSA) is 84.3 Å². The number of benzene rings is 1. The first kappa shape index (κ1) is 15.6. The Kier molecular flexibility index (Phi) is 4.37. The number of nitrogens with one attached hydrogen (secondary N) is 2. The number of nitro benzene ring substituents is 1. The van der Waals surface area contributed by atoms with Crippen molar-refractivity contribution < 1.29 is 9.72 Å². The van der Waals surface area contributed by atoms with Crippen LogP contribution in [0.15, 0.2) is 12.1 Å². The number of halogens is 1. The number of rotatable bonds is 6. The maximum Gasteiger partial charge on any atom is 0.294 e. The second-order valence-electron chi connectivity index (χ2n) is 5.55. The quantitative estimate of drug-likeness (QED) is 0.623. The smallest absolute Gasteiger partial charge is 0.294 e.